The van der Waals surface area contributed by atoms with Gasteiger partial charge >= 0.3 is 0 Å². The van der Waals surface area contributed by atoms with Crippen LogP contribution >= 0.6 is 11.8 Å². The SMILES string of the molecule is N#Cc1ccccc1-c1ccc(C(=O)N2CCSCC2)cc1. The first-order valence-corrected chi connectivity index (χ1v) is 8.41. The molecule has 1 aliphatic heterocycles. The Kier molecular flexibility index (Phi) is 4.45. The van der Waals surface area contributed by atoms with Crippen molar-refractivity contribution in [2.24, 2.45) is 0 Å². The van der Waals surface area contributed by atoms with E-state index in [2.05, 4.69) is 6.07 Å². The Hall–Kier alpha value is -2.25. The molecule has 3 rings (SSSR count). The lowest BCUT2D eigenvalue weighted by Gasteiger charge is -2.26. The molecule has 1 heterocycles. The first kappa shape index (κ1) is 14.7. The first-order valence-electron chi connectivity index (χ1n) is 7.26. The summed E-state index contributed by atoms with van der Waals surface area (Å²) in [5.74, 6) is 2.12. The second-order valence-corrected chi connectivity index (χ2v) is 6.36. The van der Waals surface area contributed by atoms with E-state index in [0.29, 0.717) is 11.1 Å². The number of amides is 1. The Morgan fingerprint density at radius 3 is 2.41 bits per heavy atom. The molecule has 22 heavy (non-hydrogen) atoms. The molecular weight excluding hydrogens is 292 g/mol. The molecule has 0 aliphatic carbocycles. The molecule has 0 aromatic heterocycles. The lowest BCUT2D eigenvalue weighted by Crippen LogP contribution is -2.37. The summed E-state index contributed by atoms with van der Waals surface area (Å²) in [7, 11) is 0. The maximum absolute atomic E-state index is 12.4. The van der Waals surface area contributed by atoms with E-state index < -0.39 is 0 Å². The summed E-state index contributed by atoms with van der Waals surface area (Å²) in [6, 6.07) is 17.3. The molecule has 2 aromatic carbocycles. The van der Waals surface area contributed by atoms with Crippen LogP contribution in [0.3, 0.4) is 0 Å². The van der Waals surface area contributed by atoms with Crippen LogP contribution in [0.5, 0.6) is 0 Å². The van der Waals surface area contributed by atoms with Crippen molar-refractivity contribution in [3.63, 3.8) is 0 Å². The molecule has 0 saturated carbocycles. The summed E-state index contributed by atoms with van der Waals surface area (Å²) in [5.41, 5.74) is 3.22. The molecular formula is C18H16N2OS. The number of nitrogens with zero attached hydrogens (tertiary/aromatic N) is 2. The monoisotopic (exact) mass is 308 g/mol. The van der Waals surface area contributed by atoms with Crippen LogP contribution in [0.1, 0.15) is 15.9 Å². The average molecular weight is 308 g/mol. The van der Waals surface area contributed by atoms with E-state index in [1.807, 2.05) is 59.1 Å². The highest BCUT2D eigenvalue weighted by atomic mass is 32.2. The van der Waals surface area contributed by atoms with Gasteiger partial charge in [0.25, 0.3) is 5.91 Å². The van der Waals surface area contributed by atoms with Gasteiger partial charge in [0.1, 0.15) is 0 Å². The maximum Gasteiger partial charge on any atom is 0.253 e. The molecule has 0 radical (unpaired) electrons. The lowest BCUT2D eigenvalue weighted by atomic mass is 9.99. The Bertz CT molecular complexity index is 713. The molecule has 0 unspecified atom stereocenters. The van der Waals surface area contributed by atoms with E-state index in [1.165, 1.54) is 0 Å². The van der Waals surface area contributed by atoms with Gasteiger partial charge in [-0.2, -0.15) is 17.0 Å². The third-order valence-electron chi connectivity index (χ3n) is 3.79. The van der Waals surface area contributed by atoms with Crippen molar-refractivity contribution in [1.29, 1.82) is 5.26 Å². The number of benzene rings is 2. The highest BCUT2D eigenvalue weighted by Gasteiger charge is 2.18. The van der Waals surface area contributed by atoms with E-state index in [-0.39, 0.29) is 5.91 Å². The van der Waals surface area contributed by atoms with Crippen molar-refractivity contribution < 1.29 is 4.79 Å². The summed E-state index contributed by atoms with van der Waals surface area (Å²) >= 11 is 1.89. The molecule has 1 saturated heterocycles. The van der Waals surface area contributed by atoms with Crippen molar-refractivity contribution in [3.05, 3.63) is 59.7 Å². The zero-order chi connectivity index (χ0) is 15.4. The van der Waals surface area contributed by atoms with E-state index in [9.17, 15) is 10.1 Å². The van der Waals surface area contributed by atoms with Crippen LogP contribution in [0.2, 0.25) is 0 Å². The van der Waals surface area contributed by atoms with Crippen LogP contribution in [-0.2, 0) is 0 Å². The summed E-state index contributed by atoms with van der Waals surface area (Å²) in [6.45, 7) is 1.64. The van der Waals surface area contributed by atoms with Gasteiger partial charge in [0.05, 0.1) is 11.6 Å². The molecule has 1 amide bonds. The van der Waals surface area contributed by atoms with Crippen LogP contribution in [0.4, 0.5) is 0 Å². The second kappa shape index (κ2) is 6.67. The molecule has 1 fully saturated rings. The number of rotatable bonds is 2. The fourth-order valence-corrected chi connectivity index (χ4v) is 3.48. The Balaban J connectivity index is 1.83. The number of carbonyl (C=O) groups excluding carboxylic acids is 1. The fourth-order valence-electron chi connectivity index (χ4n) is 2.57. The van der Waals surface area contributed by atoms with Crippen LogP contribution in [0, 0.1) is 11.3 Å². The van der Waals surface area contributed by atoms with Gasteiger partial charge in [-0.25, -0.2) is 0 Å². The third-order valence-corrected chi connectivity index (χ3v) is 4.73. The zero-order valence-electron chi connectivity index (χ0n) is 12.2. The van der Waals surface area contributed by atoms with Crippen LogP contribution in [-0.4, -0.2) is 35.4 Å². The highest BCUT2D eigenvalue weighted by Crippen LogP contribution is 2.24. The fraction of sp³-hybridized carbons (Fsp3) is 0.222. The van der Waals surface area contributed by atoms with E-state index in [4.69, 9.17) is 0 Å². The summed E-state index contributed by atoms with van der Waals surface area (Å²) in [4.78, 5) is 14.3. The molecule has 110 valence electrons. The molecule has 2 aromatic rings. The zero-order valence-corrected chi connectivity index (χ0v) is 13.0. The minimum Gasteiger partial charge on any atom is -0.337 e. The van der Waals surface area contributed by atoms with Crippen molar-refractivity contribution in [1.82, 2.24) is 4.90 Å². The van der Waals surface area contributed by atoms with Gasteiger partial charge < -0.3 is 4.90 Å². The van der Waals surface area contributed by atoms with Crippen molar-refractivity contribution in [2.45, 2.75) is 0 Å². The normalized spacial score (nSPS) is 14.4. The van der Waals surface area contributed by atoms with Gasteiger partial charge in [-0.05, 0) is 29.3 Å². The van der Waals surface area contributed by atoms with Gasteiger partial charge in [-0.1, -0.05) is 30.3 Å². The Morgan fingerprint density at radius 1 is 1.05 bits per heavy atom. The van der Waals surface area contributed by atoms with E-state index in [1.54, 1.807) is 6.07 Å². The molecule has 0 bridgehead atoms. The number of thioether (sulfide) groups is 1. The van der Waals surface area contributed by atoms with Crippen LogP contribution in [0.25, 0.3) is 11.1 Å². The number of hydrogen-bond donors (Lipinski definition) is 0. The molecule has 0 spiro atoms. The number of nitriles is 1. The van der Waals surface area contributed by atoms with Gasteiger partial charge in [0.2, 0.25) is 0 Å². The van der Waals surface area contributed by atoms with Gasteiger partial charge in [-0.15, -0.1) is 0 Å². The minimum absolute atomic E-state index is 0.0976. The molecule has 3 nitrogen and oxygen atoms in total. The minimum atomic E-state index is 0.0976. The number of carbonyl (C=O) groups is 1. The summed E-state index contributed by atoms with van der Waals surface area (Å²) < 4.78 is 0. The third kappa shape index (κ3) is 3.00. The van der Waals surface area contributed by atoms with Gasteiger partial charge in [0.15, 0.2) is 0 Å². The van der Waals surface area contributed by atoms with E-state index >= 15 is 0 Å². The quantitative estimate of drug-likeness (QED) is 0.854. The van der Waals surface area contributed by atoms with Crippen LogP contribution < -0.4 is 0 Å². The largest absolute Gasteiger partial charge is 0.337 e. The molecule has 0 atom stereocenters. The Labute approximate surface area is 134 Å². The lowest BCUT2D eigenvalue weighted by molar-refractivity contribution is 0.0772. The second-order valence-electron chi connectivity index (χ2n) is 5.14. The van der Waals surface area contributed by atoms with E-state index in [0.717, 1.165) is 35.7 Å². The predicted octanol–water partition coefficient (Wildman–Crippen LogP) is 3.41. The van der Waals surface area contributed by atoms with Crippen LogP contribution in [0.15, 0.2) is 48.5 Å². The average Bonchev–Trinajstić information content (AvgIpc) is 2.62. The smallest absolute Gasteiger partial charge is 0.253 e. The summed E-state index contributed by atoms with van der Waals surface area (Å²) in [6.07, 6.45) is 0. The standard InChI is InChI=1S/C18H16N2OS/c19-13-16-3-1-2-4-17(16)14-5-7-15(8-6-14)18(21)20-9-11-22-12-10-20/h1-8H,9-12H2. The number of hydrogen-bond acceptors (Lipinski definition) is 3. The highest BCUT2D eigenvalue weighted by molar-refractivity contribution is 7.99. The van der Waals surface area contributed by atoms with Crippen molar-refractivity contribution in [2.75, 3.05) is 24.6 Å². The first-order chi connectivity index (χ1) is 10.8. The van der Waals surface area contributed by atoms with Gasteiger partial charge in [-0.3, -0.25) is 4.79 Å². The van der Waals surface area contributed by atoms with Crippen molar-refractivity contribution in [3.8, 4) is 17.2 Å². The molecule has 0 N–H and O–H groups in total. The van der Waals surface area contributed by atoms with Gasteiger partial charge in [0, 0.05) is 30.2 Å². The molecule has 1 aliphatic rings. The topological polar surface area (TPSA) is 44.1 Å². The summed E-state index contributed by atoms with van der Waals surface area (Å²) in [5, 5.41) is 9.18. The maximum atomic E-state index is 12.4. The molecule has 4 heteroatoms. The Morgan fingerprint density at radius 2 is 1.73 bits per heavy atom. The van der Waals surface area contributed by atoms with Crippen molar-refractivity contribution >= 4 is 17.7 Å². The predicted molar refractivity (Wildman–Crippen MR) is 89.8 cm³/mol.